The van der Waals surface area contributed by atoms with E-state index < -0.39 is 0 Å². The zero-order valence-corrected chi connectivity index (χ0v) is 10.4. The molecule has 1 fully saturated rings. The van der Waals surface area contributed by atoms with E-state index in [-0.39, 0.29) is 6.10 Å². The number of aliphatic hydroxyl groups is 1. The van der Waals surface area contributed by atoms with Crippen LogP contribution in [0.4, 0.5) is 0 Å². The fourth-order valence-corrected chi connectivity index (χ4v) is 2.44. The van der Waals surface area contributed by atoms with Crippen LogP contribution in [0.25, 0.3) is 0 Å². The highest BCUT2D eigenvalue weighted by Gasteiger charge is 2.24. The molecule has 0 radical (unpaired) electrons. The third-order valence-electron chi connectivity index (χ3n) is 3.49. The summed E-state index contributed by atoms with van der Waals surface area (Å²) in [7, 11) is 1.68. The molecule has 3 nitrogen and oxygen atoms in total. The third kappa shape index (κ3) is 3.45. The first-order valence-electron chi connectivity index (χ1n) is 6.31. The second kappa shape index (κ2) is 6.03. The molecule has 1 saturated carbocycles. The van der Waals surface area contributed by atoms with Gasteiger partial charge in [0.1, 0.15) is 5.75 Å². The Morgan fingerprint density at radius 2 is 2.29 bits per heavy atom. The molecule has 1 aromatic carbocycles. The zero-order chi connectivity index (χ0) is 12.1. The van der Waals surface area contributed by atoms with Crippen molar-refractivity contribution in [2.24, 2.45) is 5.92 Å². The van der Waals surface area contributed by atoms with Crippen molar-refractivity contribution < 1.29 is 9.84 Å². The van der Waals surface area contributed by atoms with Crippen LogP contribution in [0, 0.1) is 5.92 Å². The Morgan fingerprint density at radius 3 is 3.00 bits per heavy atom. The number of hydrogen-bond acceptors (Lipinski definition) is 3. The van der Waals surface area contributed by atoms with Gasteiger partial charge < -0.3 is 15.2 Å². The van der Waals surface area contributed by atoms with Gasteiger partial charge in [-0.1, -0.05) is 18.6 Å². The van der Waals surface area contributed by atoms with Crippen molar-refractivity contribution in [2.75, 3.05) is 13.7 Å². The van der Waals surface area contributed by atoms with Crippen LogP contribution in [0.2, 0.25) is 0 Å². The second-order valence-corrected chi connectivity index (χ2v) is 4.74. The van der Waals surface area contributed by atoms with E-state index in [4.69, 9.17) is 4.74 Å². The molecule has 0 spiro atoms. The third-order valence-corrected chi connectivity index (χ3v) is 3.49. The minimum Gasteiger partial charge on any atom is -0.497 e. The number of aliphatic hydroxyl groups excluding tert-OH is 1. The van der Waals surface area contributed by atoms with Gasteiger partial charge in [0.2, 0.25) is 0 Å². The molecule has 0 heterocycles. The molecule has 0 aliphatic heterocycles. The van der Waals surface area contributed by atoms with E-state index in [1.807, 2.05) is 18.2 Å². The molecule has 1 aliphatic rings. The summed E-state index contributed by atoms with van der Waals surface area (Å²) in [6.45, 7) is 1.73. The minimum atomic E-state index is -0.104. The van der Waals surface area contributed by atoms with Crippen LogP contribution in [-0.2, 0) is 6.54 Å². The first-order valence-corrected chi connectivity index (χ1v) is 6.31. The van der Waals surface area contributed by atoms with Gasteiger partial charge in [-0.25, -0.2) is 0 Å². The standard InChI is InChI=1S/C14H21NO2/c1-17-13-6-2-4-11(8-13)9-15-10-12-5-3-7-14(12)16/h2,4,6,8,12,14-16H,3,5,7,9-10H2,1H3. The number of benzene rings is 1. The van der Waals surface area contributed by atoms with Crippen LogP contribution in [0.15, 0.2) is 24.3 Å². The summed E-state index contributed by atoms with van der Waals surface area (Å²) in [5, 5.41) is 13.1. The summed E-state index contributed by atoms with van der Waals surface area (Å²) >= 11 is 0. The summed E-state index contributed by atoms with van der Waals surface area (Å²) in [6, 6.07) is 8.07. The number of hydrogen-bond donors (Lipinski definition) is 2. The van der Waals surface area contributed by atoms with E-state index in [1.165, 1.54) is 5.56 Å². The van der Waals surface area contributed by atoms with Crippen LogP contribution in [0.3, 0.4) is 0 Å². The smallest absolute Gasteiger partial charge is 0.119 e. The Hall–Kier alpha value is -1.06. The van der Waals surface area contributed by atoms with Gasteiger partial charge in [0.25, 0.3) is 0 Å². The fourth-order valence-electron chi connectivity index (χ4n) is 2.44. The highest BCUT2D eigenvalue weighted by molar-refractivity contribution is 5.28. The molecule has 94 valence electrons. The Balaban J connectivity index is 1.77. The molecule has 0 saturated heterocycles. The van der Waals surface area contributed by atoms with Crippen molar-refractivity contribution in [3.63, 3.8) is 0 Å². The Morgan fingerprint density at radius 1 is 1.41 bits per heavy atom. The largest absolute Gasteiger partial charge is 0.497 e. The number of nitrogens with one attached hydrogen (secondary N) is 1. The Kier molecular flexibility index (Phi) is 4.40. The molecule has 17 heavy (non-hydrogen) atoms. The zero-order valence-electron chi connectivity index (χ0n) is 10.4. The topological polar surface area (TPSA) is 41.5 Å². The molecule has 2 N–H and O–H groups in total. The second-order valence-electron chi connectivity index (χ2n) is 4.74. The molecule has 2 unspecified atom stereocenters. The van der Waals surface area contributed by atoms with Crippen LogP contribution in [-0.4, -0.2) is 24.9 Å². The molecule has 1 aromatic rings. The van der Waals surface area contributed by atoms with E-state index in [0.29, 0.717) is 5.92 Å². The predicted octanol–water partition coefficient (Wildman–Crippen LogP) is 1.95. The summed E-state index contributed by atoms with van der Waals surface area (Å²) < 4.78 is 5.18. The number of methoxy groups -OCH3 is 1. The van der Waals surface area contributed by atoms with E-state index in [1.54, 1.807) is 7.11 Å². The molecule has 0 aromatic heterocycles. The number of ether oxygens (including phenoxy) is 1. The Bertz CT molecular complexity index is 354. The normalized spacial score (nSPS) is 23.9. The van der Waals surface area contributed by atoms with Gasteiger partial charge in [0.15, 0.2) is 0 Å². The van der Waals surface area contributed by atoms with Gasteiger partial charge in [0, 0.05) is 13.1 Å². The average molecular weight is 235 g/mol. The van der Waals surface area contributed by atoms with Crippen molar-refractivity contribution in [2.45, 2.75) is 31.9 Å². The monoisotopic (exact) mass is 235 g/mol. The van der Waals surface area contributed by atoms with Crippen molar-refractivity contribution in [1.29, 1.82) is 0 Å². The lowest BCUT2D eigenvalue weighted by atomic mass is 10.1. The first-order chi connectivity index (χ1) is 8.29. The quantitative estimate of drug-likeness (QED) is 0.819. The highest BCUT2D eigenvalue weighted by atomic mass is 16.5. The van der Waals surface area contributed by atoms with Crippen LogP contribution in [0.1, 0.15) is 24.8 Å². The molecule has 1 aliphatic carbocycles. The lowest BCUT2D eigenvalue weighted by Gasteiger charge is -2.15. The van der Waals surface area contributed by atoms with E-state index in [0.717, 1.165) is 38.1 Å². The molecule has 0 bridgehead atoms. The van der Waals surface area contributed by atoms with Crippen molar-refractivity contribution in [3.8, 4) is 5.75 Å². The maximum Gasteiger partial charge on any atom is 0.119 e. The van der Waals surface area contributed by atoms with E-state index in [9.17, 15) is 5.11 Å². The van der Waals surface area contributed by atoms with Gasteiger partial charge in [-0.05, 0) is 36.5 Å². The van der Waals surface area contributed by atoms with Gasteiger partial charge in [-0.3, -0.25) is 0 Å². The predicted molar refractivity (Wildman–Crippen MR) is 68.0 cm³/mol. The lowest BCUT2D eigenvalue weighted by Crippen LogP contribution is -2.27. The summed E-state index contributed by atoms with van der Waals surface area (Å²) in [5.41, 5.74) is 1.22. The molecule has 0 amide bonds. The minimum absolute atomic E-state index is 0.104. The molecular formula is C14H21NO2. The SMILES string of the molecule is COc1cccc(CNCC2CCCC2O)c1. The van der Waals surface area contributed by atoms with Crippen molar-refractivity contribution >= 4 is 0 Å². The summed E-state index contributed by atoms with van der Waals surface area (Å²) in [5.74, 6) is 1.32. The average Bonchev–Trinajstić information content (AvgIpc) is 2.76. The van der Waals surface area contributed by atoms with Gasteiger partial charge in [0.05, 0.1) is 13.2 Å². The maximum atomic E-state index is 9.71. The molecule has 2 atom stereocenters. The fraction of sp³-hybridized carbons (Fsp3) is 0.571. The first kappa shape index (κ1) is 12.4. The molecule has 2 rings (SSSR count). The molecule has 3 heteroatoms. The van der Waals surface area contributed by atoms with Crippen molar-refractivity contribution in [1.82, 2.24) is 5.32 Å². The summed E-state index contributed by atoms with van der Waals surface area (Å²) in [4.78, 5) is 0. The highest BCUT2D eigenvalue weighted by Crippen LogP contribution is 2.24. The summed E-state index contributed by atoms with van der Waals surface area (Å²) in [6.07, 6.45) is 3.16. The van der Waals surface area contributed by atoms with Crippen molar-refractivity contribution in [3.05, 3.63) is 29.8 Å². The Labute approximate surface area is 103 Å². The van der Waals surface area contributed by atoms with Gasteiger partial charge in [-0.15, -0.1) is 0 Å². The van der Waals surface area contributed by atoms with Gasteiger partial charge in [-0.2, -0.15) is 0 Å². The number of rotatable bonds is 5. The lowest BCUT2D eigenvalue weighted by molar-refractivity contribution is 0.131. The van der Waals surface area contributed by atoms with Crippen LogP contribution < -0.4 is 10.1 Å². The molecular weight excluding hydrogens is 214 g/mol. The van der Waals surface area contributed by atoms with E-state index >= 15 is 0 Å². The van der Waals surface area contributed by atoms with Crippen LogP contribution in [0.5, 0.6) is 5.75 Å². The maximum absolute atomic E-state index is 9.71. The van der Waals surface area contributed by atoms with Gasteiger partial charge >= 0.3 is 0 Å². The van der Waals surface area contributed by atoms with E-state index in [2.05, 4.69) is 11.4 Å². The van der Waals surface area contributed by atoms with Crippen LogP contribution >= 0.6 is 0 Å².